The quantitative estimate of drug-likeness (QED) is 0.0971. The van der Waals surface area contributed by atoms with Gasteiger partial charge in [0.2, 0.25) is 0 Å². The van der Waals surface area contributed by atoms with Crippen molar-refractivity contribution in [3.05, 3.63) is 78.1 Å². The lowest BCUT2D eigenvalue weighted by Crippen LogP contribution is -3.00. The smallest absolute Gasteiger partial charge is 0.169 e. The molecule has 1 heterocycles. The van der Waals surface area contributed by atoms with Crippen LogP contribution < -0.4 is 21.5 Å². The largest absolute Gasteiger partial charge is 1.00 e. The van der Waals surface area contributed by atoms with Crippen LogP contribution in [0.2, 0.25) is 0 Å². The Labute approximate surface area is 227 Å². The van der Waals surface area contributed by atoms with Gasteiger partial charge in [-0.05, 0) is 17.5 Å². The summed E-state index contributed by atoms with van der Waals surface area (Å²) in [5.41, 5.74) is 2.48. The molecule has 0 atom stereocenters. The molecule has 0 aliphatic carbocycles. The van der Waals surface area contributed by atoms with Gasteiger partial charge in [0.25, 0.3) is 0 Å². The molecule has 0 fully saturated rings. The molecule has 0 saturated carbocycles. The van der Waals surface area contributed by atoms with Gasteiger partial charge in [0, 0.05) is 18.6 Å². The highest BCUT2D eigenvalue weighted by atomic mass is 79.9. The minimum Gasteiger partial charge on any atom is -1.00 e. The van der Waals surface area contributed by atoms with Crippen LogP contribution in [0.15, 0.2) is 67.0 Å². The second-order valence-corrected chi connectivity index (χ2v) is 9.80. The summed E-state index contributed by atoms with van der Waals surface area (Å²) in [6.45, 7) is 3.43. The predicted octanol–water partition coefficient (Wildman–Crippen LogP) is 6.97. The molecule has 0 N–H and O–H groups in total. The van der Waals surface area contributed by atoms with Gasteiger partial charge >= 0.3 is 0 Å². The van der Waals surface area contributed by atoms with Crippen LogP contribution in [0.5, 0.6) is 0 Å². The molecule has 0 saturated heterocycles. The minimum atomic E-state index is 0. The first-order valence-electron chi connectivity index (χ1n) is 14.3. The predicted molar refractivity (Wildman–Crippen MR) is 151 cm³/mol. The number of pyridine rings is 1. The number of benzene rings is 1. The molecule has 1 aromatic heterocycles. The lowest BCUT2D eigenvalue weighted by atomic mass is 10.0. The van der Waals surface area contributed by atoms with Crippen LogP contribution in [0.4, 0.5) is 0 Å². The number of hydrogen-bond donors (Lipinski definition) is 0. The van der Waals surface area contributed by atoms with Crippen molar-refractivity contribution in [2.75, 3.05) is 0 Å². The topological polar surface area (TPSA) is 3.88 Å². The Kier molecular flexibility index (Phi) is 20.4. The minimum absolute atomic E-state index is 0. The van der Waals surface area contributed by atoms with Crippen molar-refractivity contribution in [3.8, 4) is 0 Å². The zero-order valence-corrected chi connectivity index (χ0v) is 23.9. The number of hydrogen-bond acceptors (Lipinski definition) is 0. The Morgan fingerprint density at radius 3 is 1.37 bits per heavy atom. The molecule has 1 nitrogen and oxygen atoms in total. The van der Waals surface area contributed by atoms with E-state index in [0.717, 1.165) is 6.54 Å². The van der Waals surface area contributed by atoms with Crippen LogP contribution in [0, 0.1) is 0 Å². The third-order valence-electron chi connectivity index (χ3n) is 6.67. The zero-order valence-electron chi connectivity index (χ0n) is 22.4. The highest BCUT2D eigenvalue weighted by Gasteiger charge is 2.00. The van der Waals surface area contributed by atoms with Gasteiger partial charge in [-0.1, -0.05) is 151 Å². The molecule has 0 radical (unpaired) electrons. The van der Waals surface area contributed by atoms with Crippen molar-refractivity contribution < 1.29 is 21.5 Å². The van der Waals surface area contributed by atoms with Gasteiger partial charge in [-0.25, -0.2) is 4.57 Å². The van der Waals surface area contributed by atoms with E-state index in [1.165, 1.54) is 114 Å². The number of aromatic nitrogens is 1. The summed E-state index contributed by atoms with van der Waals surface area (Å²) in [7, 11) is 0. The van der Waals surface area contributed by atoms with E-state index in [1.54, 1.807) is 0 Å². The average Bonchev–Trinajstić information content (AvgIpc) is 2.88. The Morgan fingerprint density at radius 2 is 0.914 bits per heavy atom. The van der Waals surface area contributed by atoms with Gasteiger partial charge in [0.1, 0.15) is 6.54 Å². The molecule has 1 aromatic carbocycles. The number of unbranched alkanes of at least 4 members (excludes halogenated alkanes) is 15. The number of allylic oxidation sites excluding steroid dienone is 2. The fourth-order valence-electron chi connectivity index (χ4n) is 4.47. The first-order valence-corrected chi connectivity index (χ1v) is 14.3. The van der Waals surface area contributed by atoms with Gasteiger partial charge < -0.3 is 17.0 Å². The second kappa shape index (κ2) is 22.8. The van der Waals surface area contributed by atoms with E-state index in [0.29, 0.717) is 0 Å². The monoisotopic (exact) mass is 539 g/mol. The molecule has 2 rings (SSSR count). The number of nitrogens with zero attached hydrogens (tertiary/aromatic N) is 1. The van der Waals surface area contributed by atoms with Gasteiger partial charge in [-0.2, -0.15) is 0 Å². The standard InChI is InChI=1S/C33H50N.BrH/c1-2-3-4-5-6-7-8-9-10-11-12-13-14-15-16-22-29-34-30-27-33(28-31-34)26-21-20-25-32-23-18-17-19-24-32;/h17-21,23-28,30-31H,2-16,22,29H2,1H3;1H/q+1;/p-1/b25-20+,26-21+;. The molecule has 194 valence electrons. The van der Waals surface area contributed by atoms with Gasteiger partial charge in [0.15, 0.2) is 12.4 Å². The third kappa shape index (κ3) is 17.4. The molecule has 2 aromatic rings. The Hall–Kier alpha value is -1.67. The van der Waals surface area contributed by atoms with E-state index in [-0.39, 0.29) is 17.0 Å². The molecule has 35 heavy (non-hydrogen) atoms. The summed E-state index contributed by atoms with van der Waals surface area (Å²) < 4.78 is 2.32. The highest BCUT2D eigenvalue weighted by molar-refractivity contribution is 5.56. The molecule has 0 spiro atoms. The average molecular weight is 541 g/mol. The van der Waals surface area contributed by atoms with Crippen molar-refractivity contribution in [1.29, 1.82) is 0 Å². The van der Waals surface area contributed by atoms with Gasteiger partial charge in [0.05, 0.1) is 0 Å². The van der Waals surface area contributed by atoms with Crippen molar-refractivity contribution in [1.82, 2.24) is 0 Å². The van der Waals surface area contributed by atoms with Crippen molar-refractivity contribution in [2.24, 2.45) is 0 Å². The van der Waals surface area contributed by atoms with E-state index in [2.05, 4.69) is 84.6 Å². The lowest BCUT2D eigenvalue weighted by Gasteiger charge is -2.03. The summed E-state index contributed by atoms with van der Waals surface area (Å²) in [6.07, 6.45) is 35.8. The van der Waals surface area contributed by atoms with Crippen LogP contribution in [-0.4, -0.2) is 0 Å². The number of aryl methyl sites for hydroxylation is 1. The normalized spacial score (nSPS) is 11.3. The molecule has 2 heteroatoms. The van der Waals surface area contributed by atoms with E-state index in [9.17, 15) is 0 Å². The zero-order chi connectivity index (χ0) is 23.9. The molecule has 0 unspecified atom stereocenters. The maximum Gasteiger partial charge on any atom is 0.169 e. The van der Waals surface area contributed by atoms with Gasteiger partial charge in [-0.3, -0.25) is 0 Å². The summed E-state index contributed by atoms with van der Waals surface area (Å²) in [5.74, 6) is 0. The van der Waals surface area contributed by atoms with E-state index >= 15 is 0 Å². The maximum atomic E-state index is 2.32. The van der Waals surface area contributed by atoms with Crippen molar-refractivity contribution in [2.45, 2.75) is 116 Å². The fourth-order valence-corrected chi connectivity index (χ4v) is 4.47. The SMILES string of the molecule is CCCCCCCCCCCCCCCCCC[n+]1ccc(/C=C/C=C/c2ccccc2)cc1.[Br-]. The first kappa shape index (κ1) is 31.4. The van der Waals surface area contributed by atoms with Gasteiger partial charge in [-0.15, -0.1) is 0 Å². The molecular formula is C33H50BrN. The Bertz CT molecular complexity index is 763. The van der Waals surface area contributed by atoms with Crippen molar-refractivity contribution in [3.63, 3.8) is 0 Å². The van der Waals surface area contributed by atoms with Crippen LogP contribution in [0.1, 0.15) is 121 Å². The summed E-state index contributed by atoms with van der Waals surface area (Å²) in [5, 5.41) is 0. The fraction of sp³-hybridized carbons (Fsp3) is 0.545. The van der Waals surface area contributed by atoms with Crippen LogP contribution in [0.25, 0.3) is 12.2 Å². The Balaban J connectivity index is 0.00000612. The number of rotatable bonds is 20. The molecular weight excluding hydrogens is 490 g/mol. The molecule has 0 amide bonds. The highest BCUT2D eigenvalue weighted by Crippen LogP contribution is 2.13. The Morgan fingerprint density at radius 1 is 0.514 bits per heavy atom. The van der Waals surface area contributed by atoms with E-state index < -0.39 is 0 Å². The summed E-state index contributed by atoms with van der Waals surface area (Å²) >= 11 is 0. The molecule has 0 aliphatic heterocycles. The maximum absolute atomic E-state index is 2.32. The molecule has 0 bridgehead atoms. The number of halogens is 1. The van der Waals surface area contributed by atoms with Crippen molar-refractivity contribution >= 4 is 12.2 Å². The van der Waals surface area contributed by atoms with E-state index in [4.69, 9.17) is 0 Å². The van der Waals surface area contributed by atoms with E-state index in [1.807, 2.05) is 6.07 Å². The second-order valence-electron chi connectivity index (χ2n) is 9.80. The first-order chi connectivity index (χ1) is 16.9. The third-order valence-corrected chi connectivity index (χ3v) is 6.67. The van der Waals surface area contributed by atoms with Crippen LogP contribution in [0.3, 0.4) is 0 Å². The molecule has 0 aliphatic rings. The summed E-state index contributed by atoms with van der Waals surface area (Å²) in [4.78, 5) is 0. The summed E-state index contributed by atoms with van der Waals surface area (Å²) in [6, 6.07) is 14.8. The lowest BCUT2D eigenvalue weighted by molar-refractivity contribution is -0.697. The van der Waals surface area contributed by atoms with Crippen LogP contribution in [-0.2, 0) is 6.54 Å². The van der Waals surface area contributed by atoms with Crippen LogP contribution >= 0.6 is 0 Å².